The first-order valence-electron chi connectivity index (χ1n) is 10.1. The molecule has 0 fully saturated rings. The van der Waals surface area contributed by atoms with Crippen LogP contribution in [-0.4, -0.2) is 60.9 Å². The zero-order valence-corrected chi connectivity index (χ0v) is 19.8. The summed E-state index contributed by atoms with van der Waals surface area (Å²) in [7, 11) is -4.05. The van der Waals surface area contributed by atoms with Gasteiger partial charge in [0.25, 0.3) is 10.1 Å². The van der Waals surface area contributed by atoms with Crippen LogP contribution in [0.5, 0.6) is 0 Å². The van der Waals surface area contributed by atoms with Gasteiger partial charge in [0.2, 0.25) is 0 Å². The summed E-state index contributed by atoms with van der Waals surface area (Å²) in [4.78, 5) is 11.3. The van der Waals surface area contributed by atoms with E-state index in [9.17, 15) is 13.2 Å². The van der Waals surface area contributed by atoms with Crippen LogP contribution >= 0.6 is 0 Å². The molecule has 7 heteroatoms. The number of ether oxygens (including phenoxy) is 1. The van der Waals surface area contributed by atoms with Crippen LogP contribution in [0, 0.1) is 0 Å². The number of hydrogen-bond acceptors (Lipinski definition) is 4. The molecule has 5 nitrogen and oxygen atoms in total. The normalized spacial score (nSPS) is 11.2. The van der Waals surface area contributed by atoms with Crippen LogP contribution in [0.3, 0.4) is 0 Å². The van der Waals surface area contributed by atoms with Crippen molar-refractivity contribution >= 4 is 45.6 Å². The molecule has 1 N–H and O–H groups in total. The third-order valence-corrected chi connectivity index (χ3v) is 5.02. The van der Waals surface area contributed by atoms with Crippen molar-refractivity contribution in [3.63, 3.8) is 0 Å². The maximum Gasteiger partial charge on any atom is 0.305 e. The number of hydrogen-bond donors (Lipinski definition) is 1. The maximum atomic E-state index is 11.3. The van der Waals surface area contributed by atoms with Crippen LogP contribution in [0.4, 0.5) is 0 Å². The van der Waals surface area contributed by atoms with E-state index in [0.717, 1.165) is 19.3 Å². The molecule has 0 rings (SSSR count). The predicted molar refractivity (Wildman–Crippen MR) is 108 cm³/mol. The SMILES string of the molecule is CCCCCCCCCCCCCCCCC(=O)OCCS(=O)(=O)O.[Na]. The third kappa shape index (κ3) is 24.4. The summed E-state index contributed by atoms with van der Waals surface area (Å²) >= 11 is 0. The minimum absolute atomic E-state index is 0. The van der Waals surface area contributed by atoms with Crippen molar-refractivity contribution in [1.29, 1.82) is 0 Å². The molecule has 0 aromatic rings. The molecule has 0 aliphatic rings. The van der Waals surface area contributed by atoms with Crippen molar-refractivity contribution in [2.75, 3.05) is 12.4 Å². The van der Waals surface area contributed by atoms with Gasteiger partial charge in [0.1, 0.15) is 12.4 Å². The molecule has 151 valence electrons. The monoisotopic (exact) mass is 401 g/mol. The van der Waals surface area contributed by atoms with E-state index in [0.29, 0.717) is 6.42 Å². The van der Waals surface area contributed by atoms with Crippen LogP contribution in [0.2, 0.25) is 0 Å². The number of carbonyl (C=O) groups excluding carboxylic acids is 1. The fourth-order valence-corrected chi connectivity index (χ4v) is 3.09. The Morgan fingerprint density at radius 1 is 0.769 bits per heavy atom. The second-order valence-corrected chi connectivity index (χ2v) is 8.42. The van der Waals surface area contributed by atoms with Gasteiger partial charge in [-0.25, -0.2) is 0 Å². The van der Waals surface area contributed by atoms with E-state index in [2.05, 4.69) is 6.92 Å². The van der Waals surface area contributed by atoms with Crippen molar-refractivity contribution in [3.05, 3.63) is 0 Å². The van der Waals surface area contributed by atoms with Crippen LogP contribution in [0.25, 0.3) is 0 Å². The summed E-state index contributed by atoms with van der Waals surface area (Å²) < 4.78 is 34.2. The molecular formula is C19H38NaO5S. The topological polar surface area (TPSA) is 80.7 Å². The maximum absolute atomic E-state index is 11.3. The van der Waals surface area contributed by atoms with Gasteiger partial charge in [0.05, 0.1) is 0 Å². The van der Waals surface area contributed by atoms with Crippen molar-refractivity contribution in [3.8, 4) is 0 Å². The Kier molecular flexibility index (Phi) is 22.1. The first-order valence-corrected chi connectivity index (χ1v) is 11.7. The minimum atomic E-state index is -4.05. The second-order valence-electron chi connectivity index (χ2n) is 6.85. The predicted octanol–water partition coefficient (Wildman–Crippen LogP) is 4.91. The molecule has 0 bridgehead atoms. The Balaban J connectivity index is 0. The third-order valence-electron chi connectivity index (χ3n) is 4.34. The van der Waals surface area contributed by atoms with Crippen LogP contribution < -0.4 is 0 Å². The second kappa shape index (κ2) is 20.1. The van der Waals surface area contributed by atoms with Crippen LogP contribution in [0.15, 0.2) is 0 Å². The Morgan fingerprint density at radius 3 is 1.54 bits per heavy atom. The van der Waals surface area contributed by atoms with E-state index in [1.807, 2.05) is 0 Å². The first-order chi connectivity index (χ1) is 12.0. The van der Waals surface area contributed by atoms with E-state index >= 15 is 0 Å². The van der Waals surface area contributed by atoms with Crippen LogP contribution in [0.1, 0.15) is 103 Å². The molecule has 0 aromatic heterocycles. The molecule has 0 amide bonds. The summed E-state index contributed by atoms with van der Waals surface area (Å²) in [5, 5.41) is 0. The first kappa shape index (κ1) is 28.6. The molecule has 0 aromatic carbocycles. The summed E-state index contributed by atoms with van der Waals surface area (Å²) in [5.74, 6) is -0.917. The van der Waals surface area contributed by atoms with Crippen LogP contribution in [-0.2, 0) is 19.6 Å². The van der Waals surface area contributed by atoms with Gasteiger partial charge in [0, 0.05) is 36.0 Å². The number of rotatable bonds is 18. The van der Waals surface area contributed by atoms with Gasteiger partial charge >= 0.3 is 5.97 Å². The zero-order chi connectivity index (χ0) is 18.8. The summed E-state index contributed by atoms with van der Waals surface area (Å²) in [6.07, 6.45) is 18.0. The Morgan fingerprint density at radius 2 is 1.15 bits per heavy atom. The minimum Gasteiger partial charge on any atom is -0.464 e. The molecule has 0 aliphatic carbocycles. The van der Waals surface area contributed by atoms with E-state index in [4.69, 9.17) is 9.29 Å². The number of carbonyl (C=O) groups is 1. The zero-order valence-electron chi connectivity index (χ0n) is 17.0. The van der Waals surface area contributed by atoms with Gasteiger partial charge in [0.15, 0.2) is 0 Å². The van der Waals surface area contributed by atoms with Gasteiger partial charge in [-0.15, -0.1) is 0 Å². The van der Waals surface area contributed by atoms with E-state index in [1.54, 1.807) is 0 Å². The molecule has 0 atom stereocenters. The van der Waals surface area contributed by atoms with Crippen molar-refractivity contribution < 1.29 is 22.5 Å². The molecule has 0 spiro atoms. The Bertz CT molecular complexity index is 412. The van der Waals surface area contributed by atoms with Crippen molar-refractivity contribution in [2.24, 2.45) is 0 Å². The average molecular weight is 402 g/mol. The molecule has 0 saturated carbocycles. The largest absolute Gasteiger partial charge is 0.464 e. The summed E-state index contributed by atoms with van der Waals surface area (Å²) in [5.41, 5.74) is 0. The standard InChI is InChI=1S/C19H38O5S.Na/c1-2-3-4-5-6-7-8-9-10-11-12-13-14-15-16-19(20)24-17-18-25(21,22)23;/h2-18H2,1H3,(H,21,22,23);. The molecule has 0 heterocycles. The Hall–Kier alpha value is 0.380. The van der Waals surface area contributed by atoms with E-state index in [1.165, 1.54) is 70.6 Å². The smallest absolute Gasteiger partial charge is 0.305 e. The number of esters is 1. The molecule has 1 radical (unpaired) electrons. The quantitative estimate of drug-likeness (QED) is 0.153. The van der Waals surface area contributed by atoms with Crippen molar-refractivity contribution in [2.45, 2.75) is 103 Å². The van der Waals surface area contributed by atoms with Gasteiger partial charge in [-0.3, -0.25) is 9.35 Å². The summed E-state index contributed by atoms with van der Waals surface area (Å²) in [6.45, 7) is 1.98. The fourth-order valence-electron chi connectivity index (χ4n) is 2.80. The van der Waals surface area contributed by atoms with E-state index < -0.39 is 15.9 Å². The molecule has 0 unspecified atom stereocenters. The van der Waals surface area contributed by atoms with Crippen molar-refractivity contribution in [1.82, 2.24) is 0 Å². The van der Waals surface area contributed by atoms with Gasteiger partial charge < -0.3 is 4.74 Å². The average Bonchev–Trinajstić information content (AvgIpc) is 2.54. The summed E-state index contributed by atoms with van der Waals surface area (Å²) in [6, 6.07) is 0. The van der Waals surface area contributed by atoms with Gasteiger partial charge in [-0.2, -0.15) is 8.42 Å². The fraction of sp³-hybridized carbons (Fsp3) is 0.947. The van der Waals surface area contributed by atoms with Gasteiger partial charge in [-0.05, 0) is 6.42 Å². The number of unbranched alkanes of at least 4 members (excludes halogenated alkanes) is 13. The molecule has 26 heavy (non-hydrogen) atoms. The Labute approximate surface area is 183 Å². The van der Waals surface area contributed by atoms with E-state index in [-0.39, 0.29) is 42.1 Å². The molecule has 0 aliphatic heterocycles. The molecular weight excluding hydrogens is 363 g/mol. The molecule has 0 saturated heterocycles. The van der Waals surface area contributed by atoms with Gasteiger partial charge in [-0.1, -0.05) is 90.4 Å².